The number of hydrogen-bond donors (Lipinski definition) is 2. The molecule has 2 amide bonds. The molecule has 0 spiro atoms. The van der Waals surface area contributed by atoms with E-state index in [1.165, 1.54) is 0 Å². The Hall–Kier alpha value is -2.40. The highest BCUT2D eigenvalue weighted by Crippen LogP contribution is 2.22. The number of carbonyl (C=O) groups excluding carboxylic acids is 1. The Morgan fingerprint density at radius 2 is 1.88 bits per heavy atom. The quantitative estimate of drug-likeness (QED) is 0.908. The lowest BCUT2D eigenvalue weighted by Gasteiger charge is -2.32. The van der Waals surface area contributed by atoms with Crippen molar-refractivity contribution in [1.82, 2.24) is 15.2 Å². The van der Waals surface area contributed by atoms with Crippen LogP contribution in [0.15, 0.2) is 54.7 Å². The van der Waals surface area contributed by atoms with Gasteiger partial charge in [-0.15, -0.1) is 0 Å². The van der Waals surface area contributed by atoms with Crippen molar-refractivity contribution >= 4 is 6.03 Å². The number of aromatic nitrogens is 1. The molecule has 0 aliphatic carbocycles. The predicted molar refractivity (Wildman–Crippen MR) is 92.4 cm³/mol. The number of piperidine rings is 1. The molecule has 5 nitrogen and oxygen atoms in total. The van der Waals surface area contributed by atoms with Crippen molar-refractivity contribution in [2.45, 2.75) is 18.9 Å². The molecule has 2 heterocycles. The minimum absolute atomic E-state index is 0.0779. The molecule has 24 heavy (non-hydrogen) atoms. The molecule has 0 bridgehead atoms. The summed E-state index contributed by atoms with van der Waals surface area (Å²) in [5.74, 6) is 0.315. The van der Waals surface area contributed by atoms with Crippen molar-refractivity contribution in [1.29, 1.82) is 0 Å². The lowest BCUT2D eigenvalue weighted by atomic mass is 9.98. The fourth-order valence-corrected chi connectivity index (χ4v) is 3.05. The van der Waals surface area contributed by atoms with E-state index in [9.17, 15) is 9.90 Å². The molecule has 2 aromatic rings. The summed E-state index contributed by atoms with van der Waals surface area (Å²) in [7, 11) is 0. The van der Waals surface area contributed by atoms with Crippen LogP contribution in [0.1, 0.15) is 30.1 Å². The fourth-order valence-electron chi connectivity index (χ4n) is 3.05. The van der Waals surface area contributed by atoms with Gasteiger partial charge in [0.15, 0.2) is 0 Å². The molecule has 1 aromatic carbocycles. The van der Waals surface area contributed by atoms with E-state index in [1.807, 2.05) is 53.4 Å². The standard InChI is InChI=1S/C19H23N3O2/c23-14-15-9-12-22(13-10-15)19(24)21-18(16-6-2-1-3-7-16)17-8-4-5-11-20-17/h1-8,11,15,18,23H,9-10,12-14H2,(H,21,24). The summed E-state index contributed by atoms with van der Waals surface area (Å²) < 4.78 is 0. The molecule has 1 aromatic heterocycles. The monoisotopic (exact) mass is 325 g/mol. The maximum absolute atomic E-state index is 12.7. The third-order valence-electron chi connectivity index (χ3n) is 4.54. The van der Waals surface area contributed by atoms with Crippen molar-refractivity contribution < 1.29 is 9.90 Å². The summed E-state index contributed by atoms with van der Waals surface area (Å²) >= 11 is 0. The number of hydrogen-bond acceptors (Lipinski definition) is 3. The van der Waals surface area contributed by atoms with Crippen molar-refractivity contribution in [2.75, 3.05) is 19.7 Å². The van der Waals surface area contributed by atoms with Crippen molar-refractivity contribution in [3.63, 3.8) is 0 Å². The Bertz CT molecular complexity index is 601. The first-order valence-electron chi connectivity index (χ1n) is 8.40. The van der Waals surface area contributed by atoms with Crippen LogP contribution >= 0.6 is 0 Å². The maximum Gasteiger partial charge on any atom is 0.318 e. The zero-order chi connectivity index (χ0) is 16.8. The van der Waals surface area contributed by atoms with Gasteiger partial charge < -0.3 is 15.3 Å². The van der Waals surface area contributed by atoms with E-state index in [4.69, 9.17) is 0 Å². The van der Waals surface area contributed by atoms with Gasteiger partial charge in [0.1, 0.15) is 0 Å². The molecule has 2 N–H and O–H groups in total. The van der Waals surface area contributed by atoms with Gasteiger partial charge in [-0.3, -0.25) is 4.98 Å². The summed E-state index contributed by atoms with van der Waals surface area (Å²) in [5.41, 5.74) is 1.83. The Labute approximate surface area is 142 Å². The highest BCUT2D eigenvalue weighted by atomic mass is 16.3. The van der Waals surface area contributed by atoms with E-state index < -0.39 is 0 Å². The second-order valence-electron chi connectivity index (χ2n) is 6.16. The average Bonchev–Trinajstić information content (AvgIpc) is 2.67. The molecule has 1 fully saturated rings. The first kappa shape index (κ1) is 16.5. The zero-order valence-corrected chi connectivity index (χ0v) is 13.6. The van der Waals surface area contributed by atoms with Gasteiger partial charge in [0.25, 0.3) is 0 Å². The lowest BCUT2D eigenvalue weighted by Crippen LogP contribution is -2.46. The number of nitrogens with one attached hydrogen (secondary N) is 1. The molecular formula is C19H23N3O2. The molecule has 1 aliphatic rings. The van der Waals surface area contributed by atoms with Crippen molar-refractivity contribution in [3.8, 4) is 0 Å². The molecule has 1 atom stereocenters. The zero-order valence-electron chi connectivity index (χ0n) is 13.6. The predicted octanol–water partition coefficient (Wildman–Crippen LogP) is 2.58. The van der Waals surface area contributed by atoms with E-state index in [1.54, 1.807) is 6.20 Å². The Morgan fingerprint density at radius 1 is 1.17 bits per heavy atom. The summed E-state index contributed by atoms with van der Waals surface area (Å²) in [6.45, 7) is 1.57. The molecule has 1 saturated heterocycles. The number of aliphatic hydroxyl groups is 1. The number of amides is 2. The van der Waals surface area contributed by atoms with E-state index >= 15 is 0 Å². The molecule has 3 rings (SSSR count). The van der Waals surface area contributed by atoms with Gasteiger partial charge in [0.05, 0.1) is 11.7 Å². The molecular weight excluding hydrogens is 302 g/mol. The number of pyridine rings is 1. The molecule has 0 radical (unpaired) electrons. The number of carbonyl (C=O) groups is 1. The van der Waals surface area contributed by atoms with Crippen LogP contribution in [-0.4, -0.2) is 40.7 Å². The van der Waals surface area contributed by atoms with Crippen LogP contribution in [0.2, 0.25) is 0 Å². The second-order valence-corrected chi connectivity index (χ2v) is 6.16. The van der Waals surface area contributed by atoms with Crippen molar-refractivity contribution in [2.24, 2.45) is 5.92 Å². The van der Waals surface area contributed by atoms with Crippen LogP contribution in [-0.2, 0) is 0 Å². The van der Waals surface area contributed by atoms with Gasteiger partial charge in [-0.1, -0.05) is 36.4 Å². The molecule has 5 heteroatoms. The number of likely N-dealkylation sites (tertiary alicyclic amines) is 1. The number of benzene rings is 1. The van der Waals surface area contributed by atoms with Gasteiger partial charge in [-0.2, -0.15) is 0 Å². The van der Waals surface area contributed by atoms with Gasteiger partial charge in [-0.05, 0) is 36.5 Å². The van der Waals surface area contributed by atoms with Crippen LogP contribution in [0.5, 0.6) is 0 Å². The van der Waals surface area contributed by atoms with E-state index in [0.717, 1.165) is 24.1 Å². The topological polar surface area (TPSA) is 65.5 Å². The number of aliphatic hydroxyl groups excluding tert-OH is 1. The number of rotatable bonds is 4. The highest BCUT2D eigenvalue weighted by molar-refractivity contribution is 5.75. The fraction of sp³-hybridized carbons (Fsp3) is 0.368. The molecule has 1 unspecified atom stereocenters. The van der Waals surface area contributed by atoms with Gasteiger partial charge in [0, 0.05) is 25.9 Å². The Kier molecular flexibility index (Phi) is 5.43. The second kappa shape index (κ2) is 7.93. The Morgan fingerprint density at radius 3 is 2.50 bits per heavy atom. The third kappa shape index (κ3) is 3.92. The van der Waals surface area contributed by atoms with E-state index in [-0.39, 0.29) is 18.7 Å². The number of nitrogens with zero attached hydrogens (tertiary/aromatic N) is 2. The van der Waals surface area contributed by atoms with Crippen LogP contribution in [0.4, 0.5) is 4.79 Å². The van der Waals surface area contributed by atoms with Crippen LogP contribution in [0, 0.1) is 5.92 Å². The summed E-state index contributed by atoms with van der Waals surface area (Å²) in [6.07, 6.45) is 3.44. The largest absolute Gasteiger partial charge is 0.396 e. The van der Waals surface area contributed by atoms with E-state index in [0.29, 0.717) is 19.0 Å². The SMILES string of the molecule is O=C(NC(c1ccccc1)c1ccccn1)N1CCC(CO)CC1. The summed E-state index contributed by atoms with van der Waals surface area (Å²) in [6, 6.07) is 15.3. The molecule has 0 saturated carbocycles. The van der Waals surface area contributed by atoms with Crippen LogP contribution in [0.3, 0.4) is 0 Å². The number of urea groups is 1. The maximum atomic E-state index is 12.7. The van der Waals surface area contributed by atoms with Crippen molar-refractivity contribution in [3.05, 3.63) is 66.0 Å². The van der Waals surface area contributed by atoms with Crippen LogP contribution in [0.25, 0.3) is 0 Å². The van der Waals surface area contributed by atoms with Gasteiger partial charge in [0.2, 0.25) is 0 Å². The average molecular weight is 325 g/mol. The highest BCUT2D eigenvalue weighted by Gasteiger charge is 2.25. The third-order valence-corrected chi connectivity index (χ3v) is 4.54. The van der Waals surface area contributed by atoms with E-state index in [2.05, 4.69) is 10.3 Å². The Balaban J connectivity index is 1.74. The molecule has 1 aliphatic heterocycles. The first-order valence-corrected chi connectivity index (χ1v) is 8.40. The smallest absolute Gasteiger partial charge is 0.318 e. The minimum atomic E-state index is -0.268. The van der Waals surface area contributed by atoms with Crippen LogP contribution < -0.4 is 5.32 Å². The van der Waals surface area contributed by atoms with Gasteiger partial charge >= 0.3 is 6.03 Å². The minimum Gasteiger partial charge on any atom is -0.396 e. The lowest BCUT2D eigenvalue weighted by molar-refractivity contribution is 0.136. The summed E-state index contributed by atoms with van der Waals surface area (Å²) in [4.78, 5) is 18.9. The first-order chi connectivity index (χ1) is 11.8. The summed E-state index contributed by atoms with van der Waals surface area (Å²) in [5, 5.41) is 12.3. The molecule has 126 valence electrons. The van der Waals surface area contributed by atoms with Gasteiger partial charge in [-0.25, -0.2) is 4.79 Å². The normalized spacial score (nSPS) is 16.6.